The van der Waals surface area contributed by atoms with Gasteiger partial charge in [-0.05, 0) is 32.9 Å². The summed E-state index contributed by atoms with van der Waals surface area (Å²) >= 11 is 0. The van der Waals surface area contributed by atoms with Crippen molar-refractivity contribution in [1.82, 2.24) is 0 Å². The number of hydrogen-bond acceptors (Lipinski definition) is 3. The van der Waals surface area contributed by atoms with Crippen LogP contribution in [0.15, 0.2) is 29.4 Å². The van der Waals surface area contributed by atoms with Crippen LogP contribution in [0, 0.1) is 6.92 Å². The van der Waals surface area contributed by atoms with E-state index in [0.717, 1.165) is 5.69 Å². The lowest BCUT2D eigenvalue weighted by Gasteiger charge is -2.17. The van der Waals surface area contributed by atoms with E-state index in [9.17, 15) is 4.79 Å². The number of aryl methyl sites for hydroxylation is 1. The number of anilines is 1. The Bertz CT molecular complexity index is 396. The highest BCUT2D eigenvalue weighted by Gasteiger charge is 2.06. The van der Waals surface area contributed by atoms with E-state index in [4.69, 9.17) is 5.11 Å². The predicted molar refractivity (Wildman–Crippen MR) is 64.9 cm³/mol. The molecule has 0 aliphatic carbocycles. The standard InChI is InChI=1S/C12H16N2O2/c1-4-14(13-10(3)12(15)16)11-7-5-9(2)6-8-11/h5-8H,4H2,1-3H3,(H,15,16). The Hall–Kier alpha value is -1.84. The third-order valence-corrected chi connectivity index (χ3v) is 2.21. The fourth-order valence-corrected chi connectivity index (χ4v) is 1.25. The van der Waals surface area contributed by atoms with E-state index in [1.54, 1.807) is 5.01 Å². The van der Waals surface area contributed by atoms with Crippen molar-refractivity contribution in [3.63, 3.8) is 0 Å². The number of aliphatic carboxylic acids is 1. The van der Waals surface area contributed by atoms with Gasteiger partial charge in [-0.2, -0.15) is 5.10 Å². The zero-order chi connectivity index (χ0) is 12.1. The molecule has 0 bridgehead atoms. The van der Waals surface area contributed by atoms with E-state index in [-0.39, 0.29) is 5.71 Å². The average molecular weight is 220 g/mol. The van der Waals surface area contributed by atoms with Gasteiger partial charge < -0.3 is 5.11 Å². The molecule has 0 atom stereocenters. The van der Waals surface area contributed by atoms with Crippen LogP contribution >= 0.6 is 0 Å². The molecule has 0 heterocycles. The summed E-state index contributed by atoms with van der Waals surface area (Å²) in [5.41, 5.74) is 2.15. The summed E-state index contributed by atoms with van der Waals surface area (Å²) in [5.74, 6) is -0.995. The molecule has 0 fully saturated rings. The van der Waals surface area contributed by atoms with Crippen LogP contribution in [0.5, 0.6) is 0 Å². The molecule has 1 rings (SSSR count). The summed E-state index contributed by atoms with van der Waals surface area (Å²) in [5, 5.41) is 14.5. The van der Waals surface area contributed by atoms with Crippen LogP contribution in [0.25, 0.3) is 0 Å². The molecule has 0 amide bonds. The maximum atomic E-state index is 10.7. The van der Waals surface area contributed by atoms with Crippen LogP contribution in [-0.4, -0.2) is 23.3 Å². The van der Waals surface area contributed by atoms with Crippen molar-refractivity contribution in [2.75, 3.05) is 11.6 Å². The van der Waals surface area contributed by atoms with Gasteiger partial charge in [-0.15, -0.1) is 0 Å². The molecule has 0 radical (unpaired) electrons. The van der Waals surface area contributed by atoms with Crippen LogP contribution in [0.2, 0.25) is 0 Å². The molecule has 1 N–H and O–H groups in total. The molecule has 1 aromatic rings. The first-order valence-corrected chi connectivity index (χ1v) is 5.17. The first-order valence-electron chi connectivity index (χ1n) is 5.17. The second-order valence-electron chi connectivity index (χ2n) is 3.54. The Morgan fingerprint density at radius 1 is 1.38 bits per heavy atom. The predicted octanol–water partition coefficient (Wildman–Crippen LogP) is 2.28. The van der Waals surface area contributed by atoms with Gasteiger partial charge in [-0.25, -0.2) is 4.79 Å². The summed E-state index contributed by atoms with van der Waals surface area (Å²) in [7, 11) is 0. The molecule has 0 unspecified atom stereocenters. The topological polar surface area (TPSA) is 52.9 Å². The van der Waals surface area contributed by atoms with E-state index in [0.29, 0.717) is 6.54 Å². The Morgan fingerprint density at radius 3 is 2.38 bits per heavy atom. The average Bonchev–Trinajstić information content (AvgIpc) is 2.26. The van der Waals surface area contributed by atoms with Gasteiger partial charge in [0.05, 0.1) is 5.69 Å². The summed E-state index contributed by atoms with van der Waals surface area (Å²) in [6, 6.07) is 7.81. The largest absolute Gasteiger partial charge is 0.477 e. The molecule has 0 aromatic heterocycles. The molecule has 86 valence electrons. The van der Waals surface area contributed by atoms with Crippen molar-refractivity contribution >= 4 is 17.4 Å². The molecule has 1 aromatic carbocycles. The number of carboxylic acid groups (broad SMARTS) is 1. The molecular weight excluding hydrogens is 204 g/mol. The Kier molecular flexibility index (Phi) is 4.05. The van der Waals surface area contributed by atoms with Crippen molar-refractivity contribution in [2.45, 2.75) is 20.8 Å². The number of benzene rings is 1. The quantitative estimate of drug-likeness (QED) is 0.625. The van der Waals surface area contributed by atoms with Crippen LogP contribution in [0.4, 0.5) is 5.69 Å². The minimum atomic E-state index is -0.995. The highest BCUT2D eigenvalue weighted by atomic mass is 16.4. The van der Waals surface area contributed by atoms with Crippen molar-refractivity contribution in [1.29, 1.82) is 0 Å². The highest BCUT2D eigenvalue weighted by Crippen LogP contribution is 2.15. The van der Waals surface area contributed by atoms with E-state index in [1.165, 1.54) is 12.5 Å². The van der Waals surface area contributed by atoms with Crippen LogP contribution < -0.4 is 5.01 Å². The van der Waals surface area contributed by atoms with Crippen molar-refractivity contribution in [3.05, 3.63) is 29.8 Å². The normalized spacial score (nSPS) is 11.3. The summed E-state index contributed by atoms with van der Waals surface area (Å²) < 4.78 is 0. The van der Waals surface area contributed by atoms with Gasteiger partial charge in [-0.1, -0.05) is 17.7 Å². The molecule has 0 saturated carbocycles. The van der Waals surface area contributed by atoms with E-state index in [1.807, 2.05) is 38.1 Å². The molecule has 0 saturated heterocycles. The maximum absolute atomic E-state index is 10.7. The Labute approximate surface area is 95.2 Å². The lowest BCUT2D eigenvalue weighted by molar-refractivity contribution is -0.129. The third-order valence-electron chi connectivity index (χ3n) is 2.21. The van der Waals surface area contributed by atoms with Crippen LogP contribution in [0.1, 0.15) is 19.4 Å². The fraction of sp³-hybridized carbons (Fsp3) is 0.333. The lowest BCUT2D eigenvalue weighted by Crippen LogP contribution is -2.20. The monoisotopic (exact) mass is 220 g/mol. The second kappa shape index (κ2) is 5.30. The van der Waals surface area contributed by atoms with Gasteiger partial charge in [0.1, 0.15) is 5.71 Å². The van der Waals surface area contributed by atoms with E-state index >= 15 is 0 Å². The summed E-state index contributed by atoms with van der Waals surface area (Å²) in [6.45, 7) is 6.05. The van der Waals surface area contributed by atoms with Gasteiger partial charge in [0, 0.05) is 6.54 Å². The number of nitrogens with zero attached hydrogens (tertiary/aromatic N) is 2. The van der Waals surface area contributed by atoms with Gasteiger partial charge in [0.15, 0.2) is 0 Å². The smallest absolute Gasteiger partial charge is 0.351 e. The highest BCUT2D eigenvalue weighted by molar-refractivity contribution is 6.34. The van der Waals surface area contributed by atoms with E-state index < -0.39 is 5.97 Å². The van der Waals surface area contributed by atoms with Crippen molar-refractivity contribution in [2.24, 2.45) is 5.10 Å². The van der Waals surface area contributed by atoms with Gasteiger partial charge in [0.25, 0.3) is 0 Å². The first-order chi connectivity index (χ1) is 7.54. The summed E-state index contributed by atoms with van der Waals surface area (Å²) in [4.78, 5) is 10.7. The number of carbonyl (C=O) groups is 1. The second-order valence-corrected chi connectivity index (χ2v) is 3.54. The Balaban J connectivity index is 2.95. The first kappa shape index (κ1) is 12.2. The number of hydrogen-bond donors (Lipinski definition) is 1. The maximum Gasteiger partial charge on any atom is 0.351 e. The minimum absolute atomic E-state index is 0.0856. The van der Waals surface area contributed by atoms with Gasteiger partial charge in [0.2, 0.25) is 0 Å². The minimum Gasteiger partial charge on any atom is -0.477 e. The van der Waals surface area contributed by atoms with Gasteiger partial charge >= 0.3 is 5.97 Å². The van der Waals surface area contributed by atoms with E-state index in [2.05, 4.69) is 5.10 Å². The fourth-order valence-electron chi connectivity index (χ4n) is 1.25. The SMILES string of the molecule is CCN(N=C(C)C(=O)O)c1ccc(C)cc1. The van der Waals surface area contributed by atoms with Crippen LogP contribution in [-0.2, 0) is 4.79 Å². The number of hydrazone groups is 1. The Morgan fingerprint density at radius 2 is 1.94 bits per heavy atom. The molecule has 0 spiro atoms. The zero-order valence-corrected chi connectivity index (χ0v) is 9.77. The lowest BCUT2D eigenvalue weighted by atomic mass is 10.2. The zero-order valence-electron chi connectivity index (χ0n) is 9.77. The van der Waals surface area contributed by atoms with Crippen molar-refractivity contribution < 1.29 is 9.90 Å². The number of carboxylic acids is 1. The van der Waals surface area contributed by atoms with Crippen molar-refractivity contribution in [3.8, 4) is 0 Å². The molecule has 4 nitrogen and oxygen atoms in total. The van der Waals surface area contributed by atoms with Gasteiger partial charge in [-0.3, -0.25) is 5.01 Å². The molecule has 0 aliphatic rings. The molecular formula is C12H16N2O2. The molecule has 0 aliphatic heterocycles. The third kappa shape index (κ3) is 3.08. The molecule has 16 heavy (non-hydrogen) atoms. The van der Waals surface area contributed by atoms with Crippen LogP contribution in [0.3, 0.4) is 0 Å². The molecule has 4 heteroatoms. The summed E-state index contributed by atoms with van der Waals surface area (Å²) in [6.07, 6.45) is 0. The number of rotatable bonds is 4.